The zero-order valence-corrected chi connectivity index (χ0v) is 16.5. The van der Waals surface area contributed by atoms with E-state index in [4.69, 9.17) is 5.84 Å². The molecule has 0 aliphatic rings. The Hall–Kier alpha value is -4.48. The van der Waals surface area contributed by atoms with E-state index >= 15 is 0 Å². The van der Waals surface area contributed by atoms with Gasteiger partial charge in [0.15, 0.2) is 0 Å². The quantitative estimate of drug-likeness (QED) is 0.262. The highest BCUT2D eigenvalue weighted by Gasteiger charge is 2.37. The molecule has 0 aliphatic carbocycles. The van der Waals surface area contributed by atoms with E-state index in [0.29, 0.717) is 11.2 Å². The number of hydrogen-bond acceptors (Lipinski definition) is 9. The van der Waals surface area contributed by atoms with E-state index < -0.39 is 27.5 Å². The number of hydrogen-bond donors (Lipinski definition) is 2. The van der Waals surface area contributed by atoms with Crippen molar-refractivity contribution in [2.75, 3.05) is 5.32 Å². The van der Waals surface area contributed by atoms with Crippen LogP contribution in [0.25, 0.3) is 11.0 Å². The second kappa shape index (κ2) is 8.49. The molecule has 12 heteroatoms. The summed E-state index contributed by atoms with van der Waals surface area (Å²) >= 11 is 0. The molecular weight excluding hydrogens is 406 g/mol. The number of aromatic nitrogens is 2. The molecule has 12 nitrogen and oxygen atoms in total. The molecule has 0 fully saturated rings. The summed E-state index contributed by atoms with van der Waals surface area (Å²) in [5, 5.41) is 28.7. The number of amides is 1. The summed E-state index contributed by atoms with van der Waals surface area (Å²) < 4.78 is 0. The van der Waals surface area contributed by atoms with Crippen LogP contribution in [0.1, 0.15) is 22.9 Å². The van der Waals surface area contributed by atoms with Gasteiger partial charge in [0, 0.05) is 22.7 Å². The van der Waals surface area contributed by atoms with Gasteiger partial charge in [-0.2, -0.15) is 5.10 Å². The number of fused-ring (bicyclic) bond motifs is 1. The Kier molecular flexibility index (Phi) is 5.81. The minimum atomic E-state index is -1.83. The van der Waals surface area contributed by atoms with Gasteiger partial charge in [-0.25, -0.2) is 4.98 Å². The van der Waals surface area contributed by atoms with E-state index in [9.17, 15) is 25.0 Å². The molecule has 0 saturated carbocycles. The molecule has 31 heavy (non-hydrogen) atoms. The van der Waals surface area contributed by atoms with Crippen LogP contribution >= 0.6 is 0 Å². The number of hydrazone groups is 1. The Balaban J connectivity index is 2.01. The van der Waals surface area contributed by atoms with Crippen molar-refractivity contribution < 1.29 is 14.6 Å². The lowest BCUT2D eigenvalue weighted by atomic mass is 10.1. The van der Waals surface area contributed by atoms with Crippen LogP contribution in [-0.2, 0) is 4.79 Å². The Morgan fingerprint density at radius 2 is 1.90 bits per heavy atom. The molecule has 0 bridgehead atoms. The van der Waals surface area contributed by atoms with E-state index in [1.165, 1.54) is 12.1 Å². The van der Waals surface area contributed by atoms with Gasteiger partial charge in [0.1, 0.15) is 5.69 Å². The maximum atomic E-state index is 12.8. The first kappa shape index (κ1) is 21.2. The number of nitro groups is 2. The average Bonchev–Trinajstić information content (AvgIpc) is 2.73. The standard InChI is InChI=1S/C19H17N7O5/c1-10-4-3-5-13(11(10)2)23-19(27)17(24-20)18(26(30)31)16-9-21-14-7-6-12(25(28)29)8-15(14)22-16/h3-9,18H,20H2,1-2H3,(H,23,27)/b24-17-. The highest BCUT2D eigenvalue weighted by Crippen LogP contribution is 2.23. The lowest BCUT2D eigenvalue weighted by molar-refractivity contribution is -0.509. The number of benzene rings is 2. The second-order valence-corrected chi connectivity index (χ2v) is 6.63. The van der Waals surface area contributed by atoms with Gasteiger partial charge in [-0.1, -0.05) is 12.1 Å². The highest BCUT2D eigenvalue weighted by atomic mass is 16.6. The summed E-state index contributed by atoms with van der Waals surface area (Å²) in [6, 6.07) is 7.15. The Bertz CT molecular complexity index is 1240. The van der Waals surface area contributed by atoms with Crippen molar-refractivity contribution in [1.29, 1.82) is 0 Å². The van der Waals surface area contributed by atoms with Gasteiger partial charge in [0.2, 0.25) is 5.71 Å². The molecule has 1 amide bonds. The van der Waals surface area contributed by atoms with Gasteiger partial charge in [-0.3, -0.25) is 30.0 Å². The number of carbonyl (C=O) groups excluding carboxylic acids is 1. The summed E-state index contributed by atoms with van der Waals surface area (Å²) in [6.45, 7) is 3.64. The van der Waals surface area contributed by atoms with E-state index in [1.54, 1.807) is 19.1 Å². The predicted molar refractivity (Wildman–Crippen MR) is 112 cm³/mol. The smallest absolute Gasteiger partial charge is 0.304 e. The summed E-state index contributed by atoms with van der Waals surface area (Å²) in [5.41, 5.74) is 1.42. The second-order valence-electron chi connectivity index (χ2n) is 6.63. The van der Waals surface area contributed by atoms with Crippen molar-refractivity contribution in [2.45, 2.75) is 19.9 Å². The highest BCUT2D eigenvalue weighted by molar-refractivity contribution is 6.44. The molecule has 0 spiro atoms. The summed E-state index contributed by atoms with van der Waals surface area (Å²) in [6.07, 6.45) is 1.11. The largest absolute Gasteiger partial charge is 0.323 e. The predicted octanol–water partition coefficient (Wildman–Crippen LogP) is 2.43. The molecule has 3 N–H and O–H groups in total. The third-order valence-electron chi connectivity index (χ3n) is 4.73. The first-order valence-corrected chi connectivity index (χ1v) is 8.93. The number of nitro benzene ring substituents is 1. The lowest BCUT2D eigenvalue weighted by Crippen LogP contribution is -2.34. The monoisotopic (exact) mass is 423 g/mol. The van der Waals surface area contributed by atoms with Crippen molar-refractivity contribution in [3.63, 3.8) is 0 Å². The number of non-ortho nitro benzene ring substituents is 1. The lowest BCUT2D eigenvalue weighted by Gasteiger charge is -2.14. The number of carbonyl (C=O) groups is 1. The molecule has 3 rings (SSSR count). The molecule has 1 unspecified atom stereocenters. The zero-order chi connectivity index (χ0) is 22.7. The fourth-order valence-electron chi connectivity index (χ4n) is 2.93. The molecule has 0 radical (unpaired) electrons. The van der Waals surface area contributed by atoms with Crippen molar-refractivity contribution in [3.8, 4) is 0 Å². The number of aryl methyl sites for hydroxylation is 1. The minimum absolute atomic E-state index is 0.0601. The third-order valence-corrected chi connectivity index (χ3v) is 4.73. The van der Waals surface area contributed by atoms with Gasteiger partial charge in [0.25, 0.3) is 11.6 Å². The van der Waals surface area contributed by atoms with Crippen LogP contribution in [-0.4, -0.2) is 31.4 Å². The molecule has 1 heterocycles. The van der Waals surface area contributed by atoms with Crippen LogP contribution in [0.3, 0.4) is 0 Å². The normalized spacial score (nSPS) is 12.4. The summed E-state index contributed by atoms with van der Waals surface area (Å²) in [7, 11) is 0. The first-order chi connectivity index (χ1) is 14.7. The molecule has 0 saturated heterocycles. The van der Waals surface area contributed by atoms with Crippen molar-refractivity contribution in [3.05, 3.63) is 79.6 Å². The number of nitrogens with two attached hydrogens (primary N) is 1. The molecule has 3 aromatic rings. The molecule has 0 aliphatic heterocycles. The summed E-state index contributed by atoms with van der Waals surface area (Å²) in [4.78, 5) is 42.3. The van der Waals surface area contributed by atoms with E-state index in [-0.39, 0.29) is 16.9 Å². The Morgan fingerprint density at radius 3 is 2.55 bits per heavy atom. The third kappa shape index (κ3) is 4.27. The van der Waals surface area contributed by atoms with Crippen molar-refractivity contribution >= 4 is 34.0 Å². The minimum Gasteiger partial charge on any atom is -0.323 e. The topological polar surface area (TPSA) is 180 Å². The van der Waals surface area contributed by atoms with Gasteiger partial charge >= 0.3 is 6.04 Å². The maximum Gasteiger partial charge on any atom is 0.304 e. The van der Waals surface area contributed by atoms with Crippen LogP contribution in [0, 0.1) is 34.1 Å². The molecule has 1 atom stereocenters. The number of nitrogens with zero attached hydrogens (tertiary/aromatic N) is 5. The SMILES string of the molecule is Cc1cccc(NC(=O)/C(=N\N)C(c2cnc3ccc([N+](=O)[O-])cc3n2)[N+](=O)[O-])c1C. The first-order valence-electron chi connectivity index (χ1n) is 8.93. The molecular formula is C19H17N7O5. The Labute approximate surface area is 175 Å². The van der Waals surface area contributed by atoms with E-state index in [2.05, 4.69) is 20.4 Å². The molecule has 158 valence electrons. The average molecular weight is 423 g/mol. The van der Waals surface area contributed by atoms with Gasteiger partial charge in [-0.15, -0.1) is 0 Å². The van der Waals surface area contributed by atoms with Gasteiger partial charge in [-0.05, 0) is 37.1 Å². The zero-order valence-electron chi connectivity index (χ0n) is 16.5. The maximum absolute atomic E-state index is 12.8. The van der Waals surface area contributed by atoms with Gasteiger partial charge < -0.3 is 11.2 Å². The van der Waals surface area contributed by atoms with Crippen LogP contribution in [0.4, 0.5) is 11.4 Å². The van der Waals surface area contributed by atoms with Crippen LogP contribution in [0.2, 0.25) is 0 Å². The van der Waals surface area contributed by atoms with Crippen molar-refractivity contribution in [2.24, 2.45) is 10.9 Å². The van der Waals surface area contributed by atoms with Crippen molar-refractivity contribution in [1.82, 2.24) is 9.97 Å². The fraction of sp³-hybridized carbons (Fsp3) is 0.158. The van der Waals surface area contributed by atoms with Crippen LogP contribution < -0.4 is 11.2 Å². The molecule has 2 aromatic carbocycles. The summed E-state index contributed by atoms with van der Waals surface area (Å²) in [5.74, 6) is 4.46. The van der Waals surface area contributed by atoms with E-state index in [1.807, 2.05) is 13.0 Å². The number of nitrogens with one attached hydrogen (secondary N) is 1. The van der Waals surface area contributed by atoms with E-state index in [0.717, 1.165) is 23.4 Å². The number of anilines is 1. The van der Waals surface area contributed by atoms with Crippen LogP contribution in [0.15, 0.2) is 47.7 Å². The Morgan fingerprint density at radius 1 is 1.16 bits per heavy atom. The van der Waals surface area contributed by atoms with Crippen LogP contribution in [0.5, 0.6) is 0 Å². The molecule has 1 aromatic heterocycles. The fourth-order valence-corrected chi connectivity index (χ4v) is 2.93. The van der Waals surface area contributed by atoms with Gasteiger partial charge in [0.05, 0.1) is 22.2 Å². The number of rotatable bonds is 6.